The van der Waals surface area contributed by atoms with E-state index in [9.17, 15) is 4.79 Å². The number of rotatable bonds is 4. The van der Waals surface area contributed by atoms with Crippen LogP contribution in [0.15, 0.2) is 33.9 Å². The summed E-state index contributed by atoms with van der Waals surface area (Å²) >= 11 is 1.34. The molecule has 1 aliphatic heterocycles. The minimum Gasteiger partial charge on any atom is -0.411 e. The number of carbonyl (C=O) groups excluding carboxylic acids is 1. The van der Waals surface area contributed by atoms with Crippen molar-refractivity contribution in [3.8, 4) is 11.5 Å². The molecule has 0 saturated carbocycles. The predicted octanol–water partition coefficient (Wildman–Crippen LogP) is 3.78. The Kier molecular flexibility index (Phi) is 5.23. The van der Waals surface area contributed by atoms with E-state index < -0.39 is 0 Å². The van der Waals surface area contributed by atoms with Crippen molar-refractivity contribution >= 4 is 17.7 Å². The van der Waals surface area contributed by atoms with Crippen LogP contribution in [0.5, 0.6) is 0 Å². The smallest absolute Gasteiger partial charge is 0.277 e. The lowest BCUT2D eigenvalue weighted by Gasteiger charge is -2.31. The summed E-state index contributed by atoms with van der Waals surface area (Å²) < 4.78 is 5.75. The number of benzene rings is 1. The molecule has 1 amide bonds. The van der Waals surface area contributed by atoms with Gasteiger partial charge in [0.25, 0.3) is 5.22 Å². The van der Waals surface area contributed by atoms with Crippen LogP contribution in [0.1, 0.15) is 32.3 Å². The molecule has 24 heavy (non-hydrogen) atoms. The lowest BCUT2D eigenvalue weighted by Crippen LogP contribution is -2.41. The van der Waals surface area contributed by atoms with Crippen molar-refractivity contribution in [1.82, 2.24) is 15.1 Å². The summed E-state index contributed by atoms with van der Waals surface area (Å²) in [5.74, 6) is 1.37. The molecule has 1 aromatic heterocycles. The summed E-state index contributed by atoms with van der Waals surface area (Å²) in [7, 11) is 0. The molecule has 1 saturated heterocycles. The second-order valence-electron chi connectivity index (χ2n) is 6.46. The van der Waals surface area contributed by atoms with E-state index in [-0.39, 0.29) is 11.2 Å². The highest BCUT2D eigenvalue weighted by Gasteiger charge is 2.26. The first-order valence-corrected chi connectivity index (χ1v) is 9.27. The molecule has 3 rings (SSSR count). The fourth-order valence-corrected chi connectivity index (χ4v) is 3.63. The van der Waals surface area contributed by atoms with E-state index in [1.165, 1.54) is 11.8 Å². The number of hydrogen-bond acceptors (Lipinski definition) is 5. The monoisotopic (exact) mass is 345 g/mol. The number of nitrogens with zero attached hydrogens (tertiary/aromatic N) is 3. The largest absolute Gasteiger partial charge is 0.411 e. The van der Waals surface area contributed by atoms with Crippen LogP contribution >= 0.6 is 11.8 Å². The van der Waals surface area contributed by atoms with Crippen molar-refractivity contribution < 1.29 is 9.21 Å². The van der Waals surface area contributed by atoms with Gasteiger partial charge in [0.05, 0.1) is 5.25 Å². The summed E-state index contributed by atoms with van der Waals surface area (Å²) in [4.78, 5) is 14.5. The van der Waals surface area contributed by atoms with Crippen molar-refractivity contribution in [3.63, 3.8) is 0 Å². The highest BCUT2D eigenvalue weighted by molar-refractivity contribution is 8.00. The van der Waals surface area contributed by atoms with Crippen molar-refractivity contribution in [2.45, 2.75) is 44.1 Å². The first kappa shape index (κ1) is 17.0. The number of aryl methyl sites for hydroxylation is 1. The number of hydrogen-bond donors (Lipinski definition) is 0. The van der Waals surface area contributed by atoms with Crippen molar-refractivity contribution in [2.75, 3.05) is 13.1 Å². The molecule has 1 atom stereocenters. The van der Waals surface area contributed by atoms with Gasteiger partial charge >= 0.3 is 0 Å². The first-order chi connectivity index (χ1) is 11.5. The van der Waals surface area contributed by atoms with E-state index in [4.69, 9.17) is 4.42 Å². The molecule has 0 bridgehead atoms. The molecule has 1 fully saturated rings. The summed E-state index contributed by atoms with van der Waals surface area (Å²) in [6.07, 6.45) is 2.17. The zero-order chi connectivity index (χ0) is 17.1. The molecule has 1 aromatic carbocycles. The van der Waals surface area contributed by atoms with E-state index >= 15 is 0 Å². The molecule has 1 aliphatic rings. The van der Waals surface area contributed by atoms with Crippen LogP contribution in [0.25, 0.3) is 11.5 Å². The van der Waals surface area contributed by atoms with Gasteiger partial charge in [0, 0.05) is 18.7 Å². The van der Waals surface area contributed by atoms with Crippen LogP contribution in [-0.4, -0.2) is 39.3 Å². The number of amides is 1. The summed E-state index contributed by atoms with van der Waals surface area (Å²) in [6, 6.07) is 7.89. The van der Waals surface area contributed by atoms with Crippen molar-refractivity contribution in [1.29, 1.82) is 0 Å². The topological polar surface area (TPSA) is 59.2 Å². The average molecular weight is 345 g/mol. The van der Waals surface area contributed by atoms with Crippen molar-refractivity contribution in [3.05, 3.63) is 29.8 Å². The third-order valence-corrected chi connectivity index (χ3v) is 5.42. The lowest BCUT2D eigenvalue weighted by molar-refractivity contribution is -0.131. The number of aromatic nitrogens is 2. The van der Waals surface area contributed by atoms with Crippen LogP contribution in [0.4, 0.5) is 0 Å². The summed E-state index contributed by atoms with van der Waals surface area (Å²) in [5.41, 5.74) is 2.02. The van der Waals surface area contributed by atoms with Gasteiger partial charge in [-0.25, -0.2) is 0 Å². The van der Waals surface area contributed by atoms with Crippen LogP contribution in [0.2, 0.25) is 0 Å². The van der Waals surface area contributed by atoms with Gasteiger partial charge in [-0.1, -0.05) is 36.9 Å². The number of thioether (sulfide) groups is 1. The number of piperidine rings is 1. The van der Waals surface area contributed by atoms with Crippen molar-refractivity contribution in [2.24, 2.45) is 5.92 Å². The number of carbonyl (C=O) groups is 1. The third-order valence-electron chi connectivity index (χ3n) is 4.50. The van der Waals surface area contributed by atoms with Crippen LogP contribution in [-0.2, 0) is 4.79 Å². The molecule has 5 nitrogen and oxygen atoms in total. The Balaban J connectivity index is 1.64. The van der Waals surface area contributed by atoms with Gasteiger partial charge in [-0.2, -0.15) is 0 Å². The second-order valence-corrected chi connectivity index (χ2v) is 7.75. The van der Waals surface area contributed by atoms with Gasteiger partial charge in [-0.05, 0) is 44.2 Å². The Morgan fingerprint density at radius 1 is 1.29 bits per heavy atom. The molecule has 2 heterocycles. The SMILES string of the molecule is Cc1ccccc1-c1nnc(S[C@H](C)C(=O)N2CCC(C)CC2)o1. The van der Waals surface area contributed by atoms with Gasteiger partial charge in [-0.3, -0.25) is 4.79 Å². The lowest BCUT2D eigenvalue weighted by atomic mass is 9.99. The Morgan fingerprint density at radius 2 is 2.00 bits per heavy atom. The summed E-state index contributed by atoms with van der Waals surface area (Å²) in [6.45, 7) is 7.86. The van der Waals surface area contributed by atoms with Crippen LogP contribution in [0.3, 0.4) is 0 Å². The van der Waals surface area contributed by atoms with E-state index in [1.807, 2.05) is 43.0 Å². The summed E-state index contributed by atoms with van der Waals surface area (Å²) in [5, 5.41) is 8.43. The van der Waals surface area contributed by atoms with Gasteiger partial charge in [0.2, 0.25) is 11.8 Å². The molecular weight excluding hydrogens is 322 g/mol. The average Bonchev–Trinajstić information content (AvgIpc) is 3.03. The van der Waals surface area contributed by atoms with Crippen LogP contribution < -0.4 is 0 Å². The second kappa shape index (κ2) is 7.38. The maximum absolute atomic E-state index is 12.6. The molecule has 6 heteroatoms. The predicted molar refractivity (Wildman–Crippen MR) is 94.8 cm³/mol. The normalized spacial score (nSPS) is 17.0. The number of likely N-dealkylation sites (tertiary alicyclic amines) is 1. The first-order valence-electron chi connectivity index (χ1n) is 8.39. The standard InChI is InChI=1S/C18H23N3O2S/c1-12-8-10-21(11-9-12)17(22)14(3)24-18-20-19-16(23-18)15-7-5-4-6-13(15)2/h4-7,12,14H,8-11H2,1-3H3/t14-/m1/s1. The fourth-order valence-electron chi connectivity index (χ4n) is 2.87. The molecule has 2 aromatic rings. The molecule has 0 radical (unpaired) electrons. The Morgan fingerprint density at radius 3 is 2.71 bits per heavy atom. The van der Waals surface area contributed by atoms with E-state index in [0.29, 0.717) is 17.0 Å². The van der Waals surface area contributed by atoms with Gasteiger partial charge in [-0.15, -0.1) is 10.2 Å². The minimum absolute atomic E-state index is 0.155. The highest BCUT2D eigenvalue weighted by atomic mass is 32.2. The fraction of sp³-hybridized carbons (Fsp3) is 0.500. The van der Waals surface area contributed by atoms with E-state index in [2.05, 4.69) is 17.1 Å². The molecule has 0 aliphatic carbocycles. The minimum atomic E-state index is -0.219. The maximum Gasteiger partial charge on any atom is 0.277 e. The third kappa shape index (κ3) is 3.80. The van der Waals surface area contributed by atoms with E-state index in [0.717, 1.165) is 37.1 Å². The zero-order valence-electron chi connectivity index (χ0n) is 14.4. The zero-order valence-corrected chi connectivity index (χ0v) is 15.2. The maximum atomic E-state index is 12.6. The Hall–Kier alpha value is -1.82. The molecule has 0 spiro atoms. The van der Waals surface area contributed by atoms with Crippen LogP contribution in [0, 0.1) is 12.8 Å². The van der Waals surface area contributed by atoms with Gasteiger partial charge in [0.15, 0.2) is 0 Å². The molecular formula is C18H23N3O2S. The van der Waals surface area contributed by atoms with Gasteiger partial charge < -0.3 is 9.32 Å². The molecule has 128 valence electrons. The van der Waals surface area contributed by atoms with Gasteiger partial charge in [0.1, 0.15) is 0 Å². The van der Waals surface area contributed by atoms with E-state index in [1.54, 1.807) is 0 Å². The Bertz CT molecular complexity index is 708. The molecule has 0 unspecified atom stereocenters. The quantitative estimate of drug-likeness (QED) is 0.789. The highest BCUT2D eigenvalue weighted by Crippen LogP contribution is 2.29. The Labute approximate surface area is 146 Å². The molecule has 0 N–H and O–H groups in total.